The first-order chi connectivity index (χ1) is 8.70. The standard InChI is InChI=1S/C14H16FNO2/c15-10-3-1-9(2-4-10)7-14-16-12-6-5-11(17)8-13(12)18-14/h1-4,11-13,17H,5-8H2. The minimum atomic E-state index is -0.258. The zero-order chi connectivity index (χ0) is 12.5. The van der Waals surface area contributed by atoms with Gasteiger partial charge in [0.25, 0.3) is 0 Å². The molecule has 18 heavy (non-hydrogen) atoms. The fourth-order valence-corrected chi connectivity index (χ4v) is 2.62. The SMILES string of the molecule is OC1CCC2N=C(Cc3ccc(F)cc3)OC2C1. The van der Waals surface area contributed by atoms with Crippen LogP contribution >= 0.6 is 0 Å². The lowest BCUT2D eigenvalue weighted by Crippen LogP contribution is -2.33. The summed E-state index contributed by atoms with van der Waals surface area (Å²) < 4.78 is 18.6. The van der Waals surface area contributed by atoms with Gasteiger partial charge in [0.05, 0.1) is 12.1 Å². The van der Waals surface area contributed by atoms with Gasteiger partial charge >= 0.3 is 0 Å². The van der Waals surface area contributed by atoms with Crippen molar-refractivity contribution in [3.63, 3.8) is 0 Å². The van der Waals surface area contributed by atoms with Crippen LogP contribution in [0.1, 0.15) is 24.8 Å². The molecule has 3 atom stereocenters. The van der Waals surface area contributed by atoms with Gasteiger partial charge in [0.15, 0.2) is 5.90 Å². The fourth-order valence-electron chi connectivity index (χ4n) is 2.62. The number of ether oxygens (including phenoxy) is 1. The smallest absolute Gasteiger partial charge is 0.188 e. The summed E-state index contributed by atoms with van der Waals surface area (Å²) in [7, 11) is 0. The van der Waals surface area contributed by atoms with Crippen LogP contribution in [0.25, 0.3) is 0 Å². The van der Waals surface area contributed by atoms with E-state index in [1.165, 1.54) is 12.1 Å². The molecule has 1 heterocycles. The van der Waals surface area contributed by atoms with Gasteiger partial charge in [0.2, 0.25) is 0 Å². The third kappa shape index (κ3) is 2.38. The van der Waals surface area contributed by atoms with Crippen molar-refractivity contribution in [2.75, 3.05) is 0 Å². The van der Waals surface area contributed by atoms with Crippen molar-refractivity contribution in [1.29, 1.82) is 0 Å². The van der Waals surface area contributed by atoms with Gasteiger partial charge in [-0.1, -0.05) is 12.1 Å². The van der Waals surface area contributed by atoms with Gasteiger partial charge < -0.3 is 9.84 Å². The van der Waals surface area contributed by atoms with Crippen molar-refractivity contribution in [1.82, 2.24) is 0 Å². The van der Waals surface area contributed by atoms with Gasteiger partial charge in [-0.3, -0.25) is 0 Å². The first kappa shape index (κ1) is 11.7. The van der Waals surface area contributed by atoms with E-state index < -0.39 is 0 Å². The van der Waals surface area contributed by atoms with E-state index in [9.17, 15) is 9.50 Å². The minimum Gasteiger partial charge on any atom is -0.475 e. The van der Waals surface area contributed by atoms with E-state index in [2.05, 4.69) is 4.99 Å². The van der Waals surface area contributed by atoms with Crippen molar-refractivity contribution in [3.05, 3.63) is 35.6 Å². The number of aliphatic imine (C=N–C) groups is 1. The number of aliphatic hydroxyl groups excluding tert-OH is 1. The van der Waals surface area contributed by atoms with Crippen molar-refractivity contribution < 1.29 is 14.2 Å². The molecule has 3 unspecified atom stereocenters. The Kier molecular flexibility index (Phi) is 3.04. The monoisotopic (exact) mass is 249 g/mol. The van der Waals surface area contributed by atoms with Crippen LogP contribution in [0.15, 0.2) is 29.3 Å². The van der Waals surface area contributed by atoms with Crippen molar-refractivity contribution >= 4 is 5.90 Å². The highest BCUT2D eigenvalue weighted by Crippen LogP contribution is 2.29. The molecule has 0 radical (unpaired) electrons. The number of hydrogen-bond acceptors (Lipinski definition) is 3. The third-order valence-corrected chi connectivity index (χ3v) is 3.60. The molecule has 3 nitrogen and oxygen atoms in total. The van der Waals surface area contributed by atoms with Gasteiger partial charge in [0.1, 0.15) is 11.9 Å². The molecule has 0 aromatic heterocycles. The Morgan fingerprint density at radius 2 is 2.06 bits per heavy atom. The van der Waals surface area contributed by atoms with Gasteiger partial charge in [-0.25, -0.2) is 9.38 Å². The highest BCUT2D eigenvalue weighted by Gasteiger charge is 2.36. The van der Waals surface area contributed by atoms with Crippen LogP contribution in [0.2, 0.25) is 0 Å². The zero-order valence-electron chi connectivity index (χ0n) is 10.1. The van der Waals surface area contributed by atoms with E-state index >= 15 is 0 Å². The van der Waals surface area contributed by atoms with E-state index in [0.29, 0.717) is 18.7 Å². The Labute approximate surface area is 105 Å². The summed E-state index contributed by atoms with van der Waals surface area (Å²) in [6, 6.07) is 6.59. The second-order valence-corrected chi connectivity index (χ2v) is 5.02. The zero-order valence-corrected chi connectivity index (χ0v) is 10.1. The summed E-state index contributed by atoms with van der Waals surface area (Å²) in [5, 5.41) is 9.59. The highest BCUT2D eigenvalue weighted by molar-refractivity contribution is 5.80. The van der Waals surface area contributed by atoms with E-state index in [1.54, 1.807) is 12.1 Å². The molecule has 0 bridgehead atoms. The van der Waals surface area contributed by atoms with Gasteiger partial charge in [-0.15, -0.1) is 0 Å². The molecular formula is C14H16FNO2. The van der Waals surface area contributed by atoms with E-state index in [-0.39, 0.29) is 24.1 Å². The lowest BCUT2D eigenvalue weighted by Gasteiger charge is -2.26. The second-order valence-electron chi connectivity index (χ2n) is 5.02. The molecule has 1 aromatic rings. The Morgan fingerprint density at radius 1 is 1.28 bits per heavy atom. The largest absolute Gasteiger partial charge is 0.475 e. The number of rotatable bonds is 2. The number of benzene rings is 1. The molecule has 1 N–H and O–H groups in total. The quantitative estimate of drug-likeness (QED) is 0.872. The van der Waals surface area contributed by atoms with Crippen LogP contribution in [0.5, 0.6) is 0 Å². The maximum atomic E-state index is 12.8. The predicted octanol–water partition coefficient (Wildman–Crippen LogP) is 2.08. The van der Waals surface area contributed by atoms with Crippen LogP contribution in [0.3, 0.4) is 0 Å². The molecule has 96 valence electrons. The highest BCUT2D eigenvalue weighted by atomic mass is 19.1. The number of fused-ring (bicyclic) bond motifs is 1. The normalized spacial score (nSPS) is 30.6. The molecule has 1 aliphatic carbocycles. The van der Waals surface area contributed by atoms with Crippen LogP contribution in [-0.2, 0) is 11.2 Å². The first-order valence-electron chi connectivity index (χ1n) is 6.36. The number of aliphatic hydroxyl groups is 1. The van der Waals surface area contributed by atoms with Crippen molar-refractivity contribution in [2.45, 2.75) is 43.9 Å². The summed E-state index contributed by atoms with van der Waals surface area (Å²) in [6.45, 7) is 0. The molecule has 1 aliphatic heterocycles. The first-order valence-corrected chi connectivity index (χ1v) is 6.36. The van der Waals surface area contributed by atoms with E-state index in [1.807, 2.05) is 0 Å². The molecule has 0 amide bonds. The fraction of sp³-hybridized carbons (Fsp3) is 0.500. The molecular weight excluding hydrogens is 233 g/mol. The number of hydrogen-bond donors (Lipinski definition) is 1. The van der Waals surface area contributed by atoms with Crippen LogP contribution in [-0.4, -0.2) is 29.3 Å². The van der Waals surface area contributed by atoms with Crippen molar-refractivity contribution in [3.8, 4) is 0 Å². The van der Waals surface area contributed by atoms with Crippen LogP contribution in [0, 0.1) is 5.82 Å². The van der Waals surface area contributed by atoms with Crippen LogP contribution < -0.4 is 0 Å². The predicted molar refractivity (Wildman–Crippen MR) is 66.1 cm³/mol. The number of nitrogens with zero attached hydrogens (tertiary/aromatic N) is 1. The Balaban J connectivity index is 1.66. The Bertz CT molecular complexity index is 457. The Morgan fingerprint density at radius 3 is 2.83 bits per heavy atom. The van der Waals surface area contributed by atoms with Gasteiger partial charge in [0, 0.05) is 12.8 Å². The lowest BCUT2D eigenvalue weighted by molar-refractivity contribution is 0.0497. The molecule has 1 fully saturated rings. The summed E-state index contributed by atoms with van der Waals surface area (Å²) in [6.07, 6.45) is 2.73. The molecule has 1 saturated carbocycles. The van der Waals surface area contributed by atoms with Crippen LogP contribution in [0.4, 0.5) is 4.39 Å². The minimum absolute atomic E-state index is 0.0317. The summed E-state index contributed by atoms with van der Waals surface area (Å²) in [5.41, 5.74) is 0.995. The van der Waals surface area contributed by atoms with E-state index in [0.717, 1.165) is 18.4 Å². The molecule has 1 aromatic carbocycles. The van der Waals surface area contributed by atoms with Gasteiger partial charge in [-0.2, -0.15) is 0 Å². The lowest BCUT2D eigenvalue weighted by atomic mass is 9.91. The van der Waals surface area contributed by atoms with Gasteiger partial charge in [-0.05, 0) is 30.5 Å². The summed E-state index contributed by atoms with van der Waals surface area (Å²) >= 11 is 0. The second kappa shape index (κ2) is 4.69. The van der Waals surface area contributed by atoms with E-state index in [4.69, 9.17) is 4.74 Å². The maximum absolute atomic E-state index is 12.8. The molecule has 4 heteroatoms. The van der Waals surface area contributed by atoms with Crippen molar-refractivity contribution in [2.24, 2.45) is 4.99 Å². The topological polar surface area (TPSA) is 41.8 Å². The maximum Gasteiger partial charge on any atom is 0.188 e. The summed E-state index contributed by atoms with van der Waals surface area (Å²) in [5.74, 6) is 0.482. The molecule has 3 rings (SSSR count). The summed E-state index contributed by atoms with van der Waals surface area (Å²) in [4.78, 5) is 4.55. The Hall–Kier alpha value is -1.42. The molecule has 2 aliphatic rings. The third-order valence-electron chi connectivity index (χ3n) is 3.60. The average Bonchev–Trinajstić information content (AvgIpc) is 2.73. The molecule has 0 saturated heterocycles. The molecule has 0 spiro atoms. The number of halogens is 1. The average molecular weight is 249 g/mol.